The maximum atomic E-state index is 12.8. The molecule has 0 radical (unpaired) electrons. The summed E-state index contributed by atoms with van der Waals surface area (Å²) < 4.78 is 11.1. The number of hydrogen-bond acceptors (Lipinski definition) is 5. The predicted octanol–water partition coefficient (Wildman–Crippen LogP) is 4.64. The lowest BCUT2D eigenvalue weighted by atomic mass is 10.1. The minimum Gasteiger partial charge on any atom is -0.488 e. The predicted molar refractivity (Wildman–Crippen MR) is 121 cm³/mol. The van der Waals surface area contributed by atoms with Crippen molar-refractivity contribution in [2.45, 2.75) is 47.4 Å². The first kappa shape index (κ1) is 22.6. The molecule has 0 saturated heterocycles. The molecule has 1 heterocycles. The van der Waals surface area contributed by atoms with Crippen molar-refractivity contribution in [2.75, 3.05) is 13.1 Å². The monoisotopic (exact) mass is 421 g/mol. The fourth-order valence-electron chi connectivity index (χ4n) is 3.38. The first-order chi connectivity index (χ1) is 15.0. The van der Waals surface area contributed by atoms with Gasteiger partial charge in [0.05, 0.1) is 16.8 Å². The van der Waals surface area contributed by atoms with E-state index in [4.69, 9.17) is 9.26 Å². The van der Waals surface area contributed by atoms with Crippen LogP contribution in [-0.4, -0.2) is 29.1 Å². The number of carbonyl (C=O) groups excluding carboxylic acids is 1. The molecule has 0 aliphatic heterocycles. The van der Waals surface area contributed by atoms with Crippen molar-refractivity contribution in [3.8, 4) is 5.75 Å². The first-order valence-corrected chi connectivity index (χ1v) is 10.7. The van der Waals surface area contributed by atoms with Gasteiger partial charge in [-0.25, -0.2) is 0 Å². The SMILES string of the molecule is CCN(CC)Cc1ccc(CNC(=O)c2ccccc2OCc2c(C)noc2C)cc1. The van der Waals surface area contributed by atoms with E-state index in [-0.39, 0.29) is 5.91 Å². The van der Waals surface area contributed by atoms with Gasteiger partial charge >= 0.3 is 0 Å². The number of nitrogens with one attached hydrogen (secondary N) is 1. The Morgan fingerprint density at radius 1 is 1.03 bits per heavy atom. The lowest BCUT2D eigenvalue weighted by Gasteiger charge is -2.18. The van der Waals surface area contributed by atoms with Crippen LogP contribution < -0.4 is 10.1 Å². The first-order valence-electron chi connectivity index (χ1n) is 10.7. The highest BCUT2D eigenvalue weighted by Gasteiger charge is 2.15. The number of aromatic nitrogens is 1. The third-order valence-corrected chi connectivity index (χ3v) is 5.46. The molecule has 0 atom stereocenters. The summed E-state index contributed by atoms with van der Waals surface area (Å²) in [6.45, 7) is 11.8. The number of carbonyl (C=O) groups is 1. The summed E-state index contributed by atoms with van der Waals surface area (Å²) in [5, 5.41) is 6.94. The molecule has 0 saturated carbocycles. The van der Waals surface area contributed by atoms with Gasteiger partial charge in [-0.1, -0.05) is 55.4 Å². The van der Waals surface area contributed by atoms with Gasteiger partial charge in [-0.05, 0) is 50.2 Å². The van der Waals surface area contributed by atoms with Crippen molar-refractivity contribution < 1.29 is 14.1 Å². The van der Waals surface area contributed by atoms with Gasteiger partial charge in [0.15, 0.2) is 0 Å². The highest BCUT2D eigenvalue weighted by atomic mass is 16.5. The molecule has 0 unspecified atom stereocenters. The lowest BCUT2D eigenvalue weighted by molar-refractivity contribution is 0.0946. The van der Waals surface area contributed by atoms with Crippen LogP contribution in [0.15, 0.2) is 53.1 Å². The molecule has 6 heteroatoms. The van der Waals surface area contributed by atoms with E-state index in [2.05, 4.69) is 53.5 Å². The summed E-state index contributed by atoms with van der Waals surface area (Å²) in [4.78, 5) is 15.2. The summed E-state index contributed by atoms with van der Waals surface area (Å²) in [6, 6.07) is 15.6. The van der Waals surface area contributed by atoms with Gasteiger partial charge in [0.1, 0.15) is 18.1 Å². The van der Waals surface area contributed by atoms with Crippen LogP contribution in [-0.2, 0) is 19.7 Å². The van der Waals surface area contributed by atoms with Gasteiger partial charge in [-0.2, -0.15) is 0 Å². The van der Waals surface area contributed by atoms with Gasteiger partial charge in [-0.3, -0.25) is 9.69 Å². The summed E-state index contributed by atoms with van der Waals surface area (Å²) >= 11 is 0. The fraction of sp³-hybridized carbons (Fsp3) is 0.360. The Kier molecular flexibility index (Phi) is 7.84. The second-order valence-corrected chi connectivity index (χ2v) is 7.55. The van der Waals surface area contributed by atoms with E-state index < -0.39 is 0 Å². The molecule has 0 aliphatic rings. The molecule has 0 spiro atoms. The zero-order valence-corrected chi connectivity index (χ0v) is 18.8. The van der Waals surface area contributed by atoms with E-state index in [1.165, 1.54) is 5.56 Å². The zero-order valence-electron chi connectivity index (χ0n) is 18.8. The van der Waals surface area contributed by atoms with Gasteiger partial charge in [0.2, 0.25) is 0 Å². The van der Waals surface area contributed by atoms with Crippen molar-refractivity contribution in [1.82, 2.24) is 15.4 Å². The quantitative estimate of drug-likeness (QED) is 0.516. The Hall–Kier alpha value is -3.12. The average molecular weight is 422 g/mol. The van der Waals surface area contributed by atoms with E-state index in [1.54, 1.807) is 12.1 Å². The van der Waals surface area contributed by atoms with Crippen molar-refractivity contribution >= 4 is 5.91 Å². The maximum absolute atomic E-state index is 12.8. The second kappa shape index (κ2) is 10.8. The Balaban J connectivity index is 1.59. The van der Waals surface area contributed by atoms with Crippen LogP contribution in [0.3, 0.4) is 0 Å². The van der Waals surface area contributed by atoms with Crippen LogP contribution in [0.2, 0.25) is 0 Å². The number of amides is 1. The van der Waals surface area contributed by atoms with Crippen LogP contribution in [0.4, 0.5) is 0 Å². The molecule has 2 aromatic carbocycles. The molecule has 1 aromatic heterocycles. The number of para-hydroxylation sites is 1. The van der Waals surface area contributed by atoms with Crippen molar-refractivity contribution in [2.24, 2.45) is 0 Å². The molecule has 164 valence electrons. The van der Waals surface area contributed by atoms with Crippen LogP contribution >= 0.6 is 0 Å². The summed E-state index contributed by atoms with van der Waals surface area (Å²) in [6.07, 6.45) is 0. The molecule has 6 nitrogen and oxygen atoms in total. The number of benzene rings is 2. The standard InChI is InChI=1S/C25H31N3O3/c1-5-28(6-2)16-21-13-11-20(12-14-21)15-26-25(29)22-9-7-8-10-24(22)30-17-23-18(3)27-31-19(23)4/h7-14H,5-6,15-17H2,1-4H3,(H,26,29). The Bertz CT molecular complexity index is 972. The maximum Gasteiger partial charge on any atom is 0.255 e. The van der Waals surface area contributed by atoms with Gasteiger partial charge in [0.25, 0.3) is 5.91 Å². The lowest BCUT2D eigenvalue weighted by Crippen LogP contribution is -2.24. The fourth-order valence-corrected chi connectivity index (χ4v) is 3.38. The van der Waals surface area contributed by atoms with Gasteiger partial charge in [-0.15, -0.1) is 0 Å². The molecular formula is C25H31N3O3. The zero-order chi connectivity index (χ0) is 22.2. The smallest absolute Gasteiger partial charge is 0.255 e. The molecule has 0 fully saturated rings. The minimum atomic E-state index is -0.165. The summed E-state index contributed by atoms with van der Waals surface area (Å²) in [5.41, 5.74) is 4.54. The van der Waals surface area contributed by atoms with E-state index in [9.17, 15) is 4.79 Å². The molecule has 31 heavy (non-hydrogen) atoms. The largest absolute Gasteiger partial charge is 0.488 e. The summed E-state index contributed by atoms with van der Waals surface area (Å²) in [7, 11) is 0. The highest BCUT2D eigenvalue weighted by Crippen LogP contribution is 2.21. The normalized spacial score (nSPS) is 11.0. The second-order valence-electron chi connectivity index (χ2n) is 7.55. The molecule has 0 bridgehead atoms. The Morgan fingerprint density at radius 3 is 2.35 bits per heavy atom. The third kappa shape index (κ3) is 5.95. The highest BCUT2D eigenvalue weighted by molar-refractivity contribution is 5.96. The van der Waals surface area contributed by atoms with Crippen LogP contribution in [0, 0.1) is 13.8 Å². The van der Waals surface area contributed by atoms with Crippen LogP contribution in [0.1, 0.15) is 52.3 Å². The van der Waals surface area contributed by atoms with Crippen LogP contribution in [0.5, 0.6) is 5.75 Å². The number of ether oxygens (including phenoxy) is 1. The summed E-state index contributed by atoms with van der Waals surface area (Å²) in [5.74, 6) is 1.10. The van der Waals surface area contributed by atoms with Gasteiger partial charge in [0, 0.05) is 13.1 Å². The topological polar surface area (TPSA) is 67.6 Å². The number of rotatable bonds is 10. The number of hydrogen-bond donors (Lipinski definition) is 1. The molecule has 3 aromatic rings. The molecule has 1 N–H and O–H groups in total. The van der Waals surface area contributed by atoms with E-state index in [0.717, 1.165) is 42.2 Å². The Labute approximate surface area is 184 Å². The van der Waals surface area contributed by atoms with Crippen molar-refractivity contribution in [1.29, 1.82) is 0 Å². The van der Waals surface area contributed by atoms with Crippen molar-refractivity contribution in [3.63, 3.8) is 0 Å². The molecular weight excluding hydrogens is 390 g/mol. The number of nitrogens with zero attached hydrogens (tertiary/aromatic N) is 2. The van der Waals surface area contributed by atoms with E-state index >= 15 is 0 Å². The Morgan fingerprint density at radius 2 is 1.71 bits per heavy atom. The van der Waals surface area contributed by atoms with E-state index in [0.29, 0.717) is 24.5 Å². The average Bonchev–Trinajstić information content (AvgIpc) is 3.12. The number of aryl methyl sites for hydroxylation is 2. The van der Waals surface area contributed by atoms with Crippen molar-refractivity contribution in [3.05, 3.63) is 82.2 Å². The third-order valence-electron chi connectivity index (χ3n) is 5.46. The minimum absolute atomic E-state index is 0.165. The van der Waals surface area contributed by atoms with Gasteiger partial charge < -0.3 is 14.6 Å². The van der Waals surface area contributed by atoms with Crippen LogP contribution in [0.25, 0.3) is 0 Å². The van der Waals surface area contributed by atoms with E-state index in [1.807, 2.05) is 26.0 Å². The molecule has 3 rings (SSSR count). The molecule has 0 aliphatic carbocycles. The molecule has 1 amide bonds.